The first kappa shape index (κ1) is 20.8. The third kappa shape index (κ3) is 4.55. The second kappa shape index (κ2) is 9.05. The van der Waals surface area contributed by atoms with Gasteiger partial charge in [-0.05, 0) is 36.6 Å². The van der Waals surface area contributed by atoms with Crippen LogP contribution in [0, 0.1) is 11.8 Å². The van der Waals surface area contributed by atoms with E-state index in [0.717, 1.165) is 12.8 Å². The van der Waals surface area contributed by atoms with Gasteiger partial charge in [0.15, 0.2) is 0 Å². The second-order valence-corrected chi connectivity index (χ2v) is 9.08. The minimum atomic E-state index is -0.595. The Kier molecular flexibility index (Phi) is 6.72. The van der Waals surface area contributed by atoms with Crippen molar-refractivity contribution in [2.75, 3.05) is 26.2 Å². The van der Waals surface area contributed by atoms with Crippen LogP contribution < -0.4 is 5.32 Å². The van der Waals surface area contributed by atoms with Crippen molar-refractivity contribution in [2.24, 2.45) is 11.8 Å². The van der Waals surface area contributed by atoms with E-state index in [1.807, 2.05) is 16.3 Å². The highest BCUT2D eigenvalue weighted by atomic mass is 32.1. The van der Waals surface area contributed by atoms with Crippen molar-refractivity contribution in [1.29, 1.82) is 0 Å². The van der Waals surface area contributed by atoms with Crippen LogP contribution in [-0.2, 0) is 20.8 Å². The molecule has 154 valence electrons. The average Bonchev–Trinajstić information content (AvgIpc) is 3.28. The summed E-state index contributed by atoms with van der Waals surface area (Å²) in [7, 11) is 0. The minimum Gasteiger partial charge on any atom is -0.387 e. The summed E-state index contributed by atoms with van der Waals surface area (Å²) in [5, 5.41) is 14.2. The summed E-state index contributed by atoms with van der Waals surface area (Å²) in [6.45, 7) is 4.54. The molecule has 0 spiro atoms. The van der Waals surface area contributed by atoms with E-state index in [4.69, 9.17) is 5.11 Å². The Bertz CT molecular complexity index is 706. The SMILES string of the molecule is CC(C)C[C@@H]1[C@H](C(=O)NCCc2cccs2)C[C@@H]2CN(C(=O)CO)CC(=O)N21. The molecule has 0 saturated carbocycles. The van der Waals surface area contributed by atoms with Crippen LogP contribution in [0.2, 0.25) is 0 Å². The standard InChI is InChI=1S/C20H29N3O4S/c1-13(2)8-17-16(20(27)21-6-5-15-4-3-7-28-15)9-14-10-22(19(26)12-24)11-18(25)23(14)17/h3-4,7,13-14,16-17,24H,5-6,8-12H2,1-2H3,(H,21,27)/t14-,16-,17-/m1/s1. The number of carbonyl (C=O) groups is 3. The second-order valence-electron chi connectivity index (χ2n) is 8.05. The van der Waals surface area contributed by atoms with Crippen LogP contribution in [0.5, 0.6) is 0 Å². The fourth-order valence-corrected chi connectivity index (χ4v) is 5.08. The van der Waals surface area contributed by atoms with Gasteiger partial charge in [-0.15, -0.1) is 11.3 Å². The predicted octanol–water partition coefficient (Wildman–Crippen LogP) is 0.873. The first-order valence-corrected chi connectivity index (χ1v) is 10.8. The molecule has 8 heteroatoms. The molecule has 28 heavy (non-hydrogen) atoms. The van der Waals surface area contributed by atoms with Crippen LogP contribution >= 0.6 is 11.3 Å². The van der Waals surface area contributed by atoms with E-state index in [0.29, 0.717) is 25.4 Å². The lowest BCUT2D eigenvalue weighted by molar-refractivity contribution is -0.150. The molecule has 1 aromatic rings. The fraction of sp³-hybridized carbons (Fsp3) is 0.650. The molecule has 1 aromatic heterocycles. The lowest BCUT2D eigenvalue weighted by Crippen LogP contribution is -2.58. The predicted molar refractivity (Wildman–Crippen MR) is 107 cm³/mol. The van der Waals surface area contributed by atoms with Crippen molar-refractivity contribution in [3.8, 4) is 0 Å². The first-order chi connectivity index (χ1) is 13.4. The minimum absolute atomic E-state index is 0.00978. The van der Waals surface area contributed by atoms with Gasteiger partial charge in [0, 0.05) is 24.0 Å². The van der Waals surface area contributed by atoms with Crippen molar-refractivity contribution in [3.63, 3.8) is 0 Å². The maximum atomic E-state index is 12.9. The van der Waals surface area contributed by atoms with Crippen LogP contribution in [0.3, 0.4) is 0 Å². The van der Waals surface area contributed by atoms with Gasteiger partial charge in [-0.2, -0.15) is 0 Å². The summed E-state index contributed by atoms with van der Waals surface area (Å²) in [4.78, 5) is 42.0. The van der Waals surface area contributed by atoms with Crippen LogP contribution in [0.15, 0.2) is 17.5 Å². The number of amides is 3. The highest BCUT2D eigenvalue weighted by molar-refractivity contribution is 7.09. The van der Waals surface area contributed by atoms with Crippen molar-refractivity contribution in [1.82, 2.24) is 15.1 Å². The molecule has 3 atom stereocenters. The average molecular weight is 408 g/mol. The van der Waals surface area contributed by atoms with Gasteiger partial charge in [0.2, 0.25) is 17.7 Å². The molecule has 3 rings (SSSR count). The molecular formula is C20H29N3O4S. The monoisotopic (exact) mass is 407 g/mol. The lowest BCUT2D eigenvalue weighted by Gasteiger charge is -2.40. The molecule has 2 aliphatic rings. The van der Waals surface area contributed by atoms with E-state index >= 15 is 0 Å². The largest absolute Gasteiger partial charge is 0.387 e. The molecule has 7 nitrogen and oxygen atoms in total. The third-order valence-electron chi connectivity index (χ3n) is 5.57. The van der Waals surface area contributed by atoms with Gasteiger partial charge in [-0.3, -0.25) is 14.4 Å². The number of aliphatic hydroxyl groups excluding tert-OH is 1. The Hall–Kier alpha value is -1.93. The number of hydrogen-bond acceptors (Lipinski definition) is 5. The Morgan fingerprint density at radius 2 is 2.18 bits per heavy atom. The quantitative estimate of drug-likeness (QED) is 0.702. The Balaban J connectivity index is 1.68. The van der Waals surface area contributed by atoms with Crippen LogP contribution in [0.4, 0.5) is 0 Å². The number of aliphatic hydroxyl groups is 1. The number of carbonyl (C=O) groups excluding carboxylic acids is 3. The topological polar surface area (TPSA) is 90.0 Å². The summed E-state index contributed by atoms with van der Waals surface area (Å²) in [5.41, 5.74) is 0. The smallest absolute Gasteiger partial charge is 0.248 e. The number of fused-ring (bicyclic) bond motifs is 1. The third-order valence-corrected chi connectivity index (χ3v) is 6.51. The molecular weight excluding hydrogens is 378 g/mol. The molecule has 0 aromatic carbocycles. The molecule has 3 heterocycles. The maximum Gasteiger partial charge on any atom is 0.248 e. The molecule has 2 N–H and O–H groups in total. The van der Waals surface area contributed by atoms with E-state index in [9.17, 15) is 14.4 Å². The zero-order valence-electron chi connectivity index (χ0n) is 16.5. The zero-order valence-corrected chi connectivity index (χ0v) is 17.3. The number of piperazine rings is 1. The number of rotatable bonds is 7. The van der Waals surface area contributed by atoms with Crippen molar-refractivity contribution >= 4 is 29.1 Å². The van der Waals surface area contributed by atoms with Crippen molar-refractivity contribution < 1.29 is 19.5 Å². The first-order valence-electron chi connectivity index (χ1n) is 9.90. The van der Waals surface area contributed by atoms with Crippen LogP contribution in [0.1, 0.15) is 31.6 Å². The van der Waals surface area contributed by atoms with Gasteiger partial charge in [0.05, 0.1) is 18.5 Å². The van der Waals surface area contributed by atoms with Gasteiger partial charge in [0.1, 0.15) is 6.61 Å². The van der Waals surface area contributed by atoms with Crippen LogP contribution in [-0.4, -0.2) is 71.0 Å². The normalized spacial score (nSPS) is 24.6. The van der Waals surface area contributed by atoms with Gasteiger partial charge < -0.3 is 20.2 Å². The summed E-state index contributed by atoms with van der Waals surface area (Å²) in [6, 6.07) is 3.76. The number of hydrogen-bond donors (Lipinski definition) is 2. The molecule has 2 fully saturated rings. The summed E-state index contributed by atoms with van der Waals surface area (Å²) < 4.78 is 0. The van der Waals surface area contributed by atoms with Gasteiger partial charge in [-0.1, -0.05) is 19.9 Å². The number of nitrogens with zero attached hydrogens (tertiary/aromatic N) is 2. The number of thiophene rings is 1. The molecule has 0 unspecified atom stereocenters. The summed E-state index contributed by atoms with van der Waals surface area (Å²) in [6.07, 6.45) is 2.12. The molecule has 3 amide bonds. The van der Waals surface area contributed by atoms with Gasteiger partial charge in [-0.25, -0.2) is 0 Å². The Morgan fingerprint density at radius 1 is 1.39 bits per heavy atom. The summed E-state index contributed by atoms with van der Waals surface area (Å²) >= 11 is 1.68. The zero-order chi connectivity index (χ0) is 20.3. The fourth-order valence-electron chi connectivity index (χ4n) is 4.37. The molecule has 2 saturated heterocycles. The van der Waals surface area contributed by atoms with E-state index in [1.165, 1.54) is 9.78 Å². The Morgan fingerprint density at radius 3 is 2.82 bits per heavy atom. The Labute approximate surface area is 169 Å². The molecule has 2 aliphatic heterocycles. The van der Waals surface area contributed by atoms with Crippen molar-refractivity contribution in [3.05, 3.63) is 22.4 Å². The van der Waals surface area contributed by atoms with E-state index < -0.39 is 12.5 Å². The maximum absolute atomic E-state index is 12.9. The lowest BCUT2D eigenvalue weighted by atomic mass is 9.91. The summed E-state index contributed by atoms with van der Waals surface area (Å²) in [5.74, 6) is -0.474. The van der Waals surface area contributed by atoms with Gasteiger partial charge >= 0.3 is 0 Å². The highest BCUT2D eigenvalue weighted by Crippen LogP contribution is 2.36. The van der Waals surface area contributed by atoms with Crippen LogP contribution in [0.25, 0.3) is 0 Å². The van der Waals surface area contributed by atoms with E-state index in [-0.39, 0.29) is 36.4 Å². The van der Waals surface area contributed by atoms with Gasteiger partial charge in [0.25, 0.3) is 0 Å². The highest BCUT2D eigenvalue weighted by Gasteiger charge is 2.49. The molecule has 0 aliphatic carbocycles. The van der Waals surface area contributed by atoms with E-state index in [1.54, 1.807) is 11.3 Å². The van der Waals surface area contributed by atoms with E-state index in [2.05, 4.69) is 25.2 Å². The van der Waals surface area contributed by atoms with Crippen molar-refractivity contribution in [2.45, 2.75) is 45.2 Å². The molecule has 0 radical (unpaired) electrons. The molecule has 0 bridgehead atoms. The number of nitrogens with one attached hydrogen (secondary N) is 1.